The zero-order valence-corrected chi connectivity index (χ0v) is 24.2. The van der Waals surface area contributed by atoms with Crippen molar-refractivity contribution >= 4 is 35.2 Å². The van der Waals surface area contributed by atoms with Crippen molar-refractivity contribution in [3.63, 3.8) is 0 Å². The summed E-state index contributed by atoms with van der Waals surface area (Å²) < 4.78 is 0. The summed E-state index contributed by atoms with van der Waals surface area (Å²) in [4.78, 5) is 39.5. The van der Waals surface area contributed by atoms with Crippen molar-refractivity contribution < 1.29 is 19.5 Å². The molecule has 0 spiro atoms. The molecule has 4 aromatic carbocycles. The van der Waals surface area contributed by atoms with E-state index in [1.165, 1.54) is 11.8 Å². The highest BCUT2D eigenvalue weighted by Crippen LogP contribution is 2.24. The number of hydrogen-bond donors (Lipinski definition) is 3. The van der Waals surface area contributed by atoms with Gasteiger partial charge in [-0.3, -0.25) is 9.59 Å². The monoisotopic (exact) mass is 580 g/mol. The fourth-order valence-electron chi connectivity index (χ4n) is 4.81. The maximum absolute atomic E-state index is 13.7. The number of amides is 2. The first-order chi connectivity index (χ1) is 20.5. The van der Waals surface area contributed by atoms with Crippen LogP contribution in [-0.2, 0) is 33.0 Å². The highest BCUT2D eigenvalue weighted by molar-refractivity contribution is 7.98. The summed E-state index contributed by atoms with van der Waals surface area (Å²) in [6.07, 6.45) is 1.10. The van der Waals surface area contributed by atoms with Crippen molar-refractivity contribution in [2.75, 3.05) is 11.1 Å². The number of para-hydroxylation sites is 1. The SMILES string of the molecule is O=C(Nc1ccccc1)[C@H](Cc1ccccc1)C[C@@H](Cc1ccccc1)C(=O)N[C@@H](CSCc1ccccc1)C(=O)O. The van der Waals surface area contributed by atoms with E-state index in [0.717, 1.165) is 16.7 Å². The van der Waals surface area contributed by atoms with Gasteiger partial charge >= 0.3 is 5.97 Å². The number of rotatable bonds is 15. The van der Waals surface area contributed by atoms with Gasteiger partial charge in [0.2, 0.25) is 11.8 Å². The van der Waals surface area contributed by atoms with E-state index in [0.29, 0.717) is 24.3 Å². The van der Waals surface area contributed by atoms with E-state index in [4.69, 9.17) is 0 Å². The van der Waals surface area contributed by atoms with Gasteiger partial charge in [0.15, 0.2) is 0 Å². The third-order valence-corrected chi connectivity index (χ3v) is 8.12. The Labute approximate surface area is 251 Å². The number of aliphatic carboxylic acids is 1. The second-order valence-corrected chi connectivity index (χ2v) is 11.3. The largest absolute Gasteiger partial charge is 0.480 e. The van der Waals surface area contributed by atoms with Gasteiger partial charge in [-0.2, -0.15) is 11.8 Å². The van der Waals surface area contributed by atoms with Crippen LogP contribution < -0.4 is 10.6 Å². The van der Waals surface area contributed by atoms with Crippen molar-refractivity contribution in [2.45, 2.75) is 31.1 Å². The van der Waals surface area contributed by atoms with Crippen LogP contribution in [0.3, 0.4) is 0 Å². The van der Waals surface area contributed by atoms with Crippen LogP contribution in [0.25, 0.3) is 0 Å². The highest BCUT2D eigenvalue weighted by Gasteiger charge is 2.31. The fraction of sp³-hybridized carbons (Fsp3) is 0.229. The van der Waals surface area contributed by atoms with Crippen molar-refractivity contribution in [1.29, 1.82) is 0 Å². The number of carbonyl (C=O) groups is 3. The molecule has 4 rings (SSSR count). The number of carbonyl (C=O) groups excluding carboxylic acids is 2. The molecule has 6 nitrogen and oxygen atoms in total. The summed E-state index contributed by atoms with van der Waals surface area (Å²) in [6.45, 7) is 0. The van der Waals surface area contributed by atoms with Gasteiger partial charge in [0, 0.05) is 29.0 Å². The molecule has 3 N–H and O–H groups in total. The maximum atomic E-state index is 13.7. The molecule has 3 atom stereocenters. The average molecular weight is 581 g/mol. The summed E-state index contributed by atoms with van der Waals surface area (Å²) in [6, 6.07) is 37.4. The van der Waals surface area contributed by atoms with Crippen LogP contribution in [0.1, 0.15) is 23.1 Å². The number of benzene rings is 4. The number of thioether (sulfide) groups is 1. The number of nitrogens with one attached hydrogen (secondary N) is 2. The summed E-state index contributed by atoms with van der Waals surface area (Å²) in [7, 11) is 0. The van der Waals surface area contributed by atoms with Crippen molar-refractivity contribution in [3.8, 4) is 0 Å². The van der Waals surface area contributed by atoms with E-state index in [-0.39, 0.29) is 24.0 Å². The summed E-state index contributed by atoms with van der Waals surface area (Å²) in [5.41, 5.74) is 3.72. The molecule has 42 heavy (non-hydrogen) atoms. The van der Waals surface area contributed by atoms with Gasteiger partial charge in [-0.05, 0) is 48.1 Å². The van der Waals surface area contributed by atoms with Gasteiger partial charge in [0.05, 0.1) is 0 Å². The molecule has 0 radical (unpaired) electrons. The molecule has 216 valence electrons. The minimum Gasteiger partial charge on any atom is -0.480 e. The molecule has 7 heteroatoms. The lowest BCUT2D eigenvalue weighted by atomic mass is 9.84. The third-order valence-electron chi connectivity index (χ3n) is 7.01. The van der Waals surface area contributed by atoms with Crippen LogP contribution in [0.5, 0.6) is 0 Å². The first kappa shape index (κ1) is 30.6. The smallest absolute Gasteiger partial charge is 0.327 e. The molecule has 4 aromatic rings. The number of carboxylic acid groups (broad SMARTS) is 1. The Hall–Kier alpha value is -4.36. The number of anilines is 1. The molecular formula is C35H36N2O4S. The minimum atomic E-state index is -1.08. The Morgan fingerprint density at radius 3 is 1.57 bits per heavy atom. The minimum absolute atomic E-state index is 0.177. The molecule has 0 aliphatic heterocycles. The molecule has 0 saturated carbocycles. The molecule has 0 fully saturated rings. The van der Waals surface area contributed by atoms with Crippen molar-refractivity contribution in [1.82, 2.24) is 5.32 Å². The molecular weight excluding hydrogens is 544 g/mol. The zero-order valence-electron chi connectivity index (χ0n) is 23.4. The summed E-state index contributed by atoms with van der Waals surface area (Å²) in [5.74, 6) is -1.86. The van der Waals surface area contributed by atoms with Crippen LogP contribution in [0.4, 0.5) is 5.69 Å². The molecule has 0 unspecified atom stereocenters. The van der Waals surface area contributed by atoms with Gasteiger partial charge in [-0.25, -0.2) is 4.79 Å². The number of hydrogen-bond acceptors (Lipinski definition) is 4. The third kappa shape index (κ3) is 9.93. The van der Waals surface area contributed by atoms with Crippen LogP contribution >= 0.6 is 11.8 Å². The maximum Gasteiger partial charge on any atom is 0.327 e. The first-order valence-electron chi connectivity index (χ1n) is 14.1. The van der Waals surface area contributed by atoms with Crippen molar-refractivity contribution in [3.05, 3.63) is 138 Å². The quantitative estimate of drug-likeness (QED) is 0.155. The van der Waals surface area contributed by atoms with Crippen LogP contribution in [0, 0.1) is 11.8 Å². The Kier molecular flexibility index (Phi) is 11.8. The van der Waals surface area contributed by atoms with Crippen LogP contribution in [0.2, 0.25) is 0 Å². The lowest BCUT2D eigenvalue weighted by Crippen LogP contribution is -2.46. The molecule has 0 saturated heterocycles. The number of carboxylic acids is 1. The van der Waals surface area contributed by atoms with E-state index in [1.54, 1.807) is 0 Å². The normalized spacial score (nSPS) is 13.0. The second kappa shape index (κ2) is 16.2. The topological polar surface area (TPSA) is 95.5 Å². The lowest BCUT2D eigenvalue weighted by molar-refractivity contribution is -0.142. The molecule has 0 heterocycles. The predicted molar refractivity (Wildman–Crippen MR) is 169 cm³/mol. The Balaban J connectivity index is 1.52. The van der Waals surface area contributed by atoms with Gasteiger partial charge in [0.25, 0.3) is 0 Å². The molecule has 0 aromatic heterocycles. The van der Waals surface area contributed by atoms with E-state index in [1.807, 2.05) is 121 Å². The Bertz CT molecular complexity index is 1400. The van der Waals surface area contributed by atoms with E-state index in [2.05, 4.69) is 10.6 Å². The molecule has 2 amide bonds. The zero-order chi connectivity index (χ0) is 29.6. The summed E-state index contributed by atoms with van der Waals surface area (Å²) >= 11 is 1.46. The standard InChI is InChI=1S/C35H36N2O4S/c38-33(36-31-19-11-4-12-20-31)29(21-26-13-5-1-6-14-26)23-30(22-27-15-7-2-8-16-27)34(39)37-32(35(40)41)25-42-24-28-17-9-3-10-18-28/h1-20,29-30,32H,21-25H2,(H,36,38)(H,37,39)(H,40,41)/t29-,30-,32+/m1/s1. The van der Waals surface area contributed by atoms with Gasteiger partial charge in [-0.15, -0.1) is 0 Å². The molecule has 0 bridgehead atoms. The van der Waals surface area contributed by atoms with Gasteiger partial charge < -0.3 is 15.7 Å². The van der Waals surface area contributed by atoms with Gasteiger partial charge in [0.1, 0.15) is 6.04 Å². The molecule has 0 aliphatic rings. The average Bonchev–Trinajstić information content (AvgIpc) is 3.01. The first-order valence-corrected chi connectivity index (χ1v) is 15.2. The van der Waals surface area contributed by atoms with E-state index >= 15 is 0 Å². The fourth-order valence-corrected chi connectivity index (χ4v) is 5.81. The second-order valence-electron chi connectivity index (χ2n) is 10.3. The van der Waals surface area contributed by atoms with E-state index < -0.39 is 23.8 Å². The Morgan fingerprint density at radius 2 is 1.07 bits per heavy atom. The van der Waals surface area contributed by atoms with Crippen molar-refractivity contribution in [2.24, 2.45) is 11.8 Å². The molecule has 0 aliphatic carbocycles. The van der Waals surface area contributed by atoms with Crippen LogP contribution in [0.15, 0.2) is 121 Å². The van der Waals surface area contributed by atoms with Gasteiger partial charge in [-0.1, -0.05) is 109 Å². The lowest BCUT2D eigenvalue weighted by Gasteiger charge is -2.25. The Morgan fingerprint density at radius 1 is 0.619 bits per heavy atom. The highest BCUT2D eigenvalue weighted by atomic mass is 32.2. The van der Waals surface area contributed by atoms with Crippen LogP contribution in [-0.4, -0.2) is 34.7 Å². The van der Waals surface area contributed by atoms with E-state index in [9.17, 15) is 19.5 Å². The predicted octanol–water partition coefficient (Wildman–Crippen LogP) is 6.24. The summed E-state index contributed by atoms with van der Waals surface area (Å²) in [5, 5.41) is 15.7.